The van der Waals surface area contributed by atoms with Crippen molar-refractivity contribution in [3.63, 3.8) is 0 Å². The van der Waals surface area contributed by atoms with Crippen LogP contribution in [0.4, 0.5) is 0 Å². The zero-order valence-electron chi connectivity index (χ0n) is 14.3. The molecule has 6 heteroatoms. The maximum Gasteiger partial charge on any atom is 0.142 e. The van der Waals surface area contributed by atoms with Crippen LogP contribution in [0.15, 0.2) is 36.9 Å². The number of aromatic nitrogens is 4. The molecule has 23 heavy (non-hydrogen) atoms. The van der Waals surface area contributed by atoms with E-state index in [0.717, 1.165) is 28.8 Å². The molecule has 0 radical (unpaired) electrons. The van der Waals surface area contributed by atoms with E-state index in [1.807, 2.05) is 36.4 Å². The predicted octanol–water partition coefficient (Wildman–Crippen LogP) is 3.75. The zero-order chi connectivity index (χ0) is 16.4. The average molecular weight is 328 g/mol. The highest BCUT2D eigenvalue weighted by atomic mass is 28.3. The van der Waals surface area contributed by atoms with Gasteiger partial charge in [0.05, 0.1) is 6.20 Å². The molecule has 0 aliphatic carbocycles. The van der Waals surface area contributed by atoms with E-state index < -0.39 is 8.07 Å². The van der Waals surface area contributed by atoms with Crippen molar-refractivity contribution in [2.75, 3.05) is 6.61 Å². The molecular weight excluding hydrogens is 304 g/mol. The first-order valence-corrected chi connectivity index (χ1v) is 11.7. The summed E-state index contributed by atoms with van der Waals surface area (Å²) in [5, 5.41) is 5.41. The van der Waals surface area contributed by atoms with Gasteiger partial charge in [-0.15, -0.1) is 0 Å². The van der Waals surface area contributed by atoms with Crippen LogP contribution < -0.4 is 0 Å². The molecule has 3 aromatic heterocycles. The van der Waals surface area contributed by atoms with Gasteiger partial charge in [0.15, 0.2) is 0 Å². The van der Waals surface area contributed by atoms with E-state index in [2.05, 4.69) is 46.6 Å². The highest BCUT2D eigenvalue weighted by Crippen LogP contribution is 2.29. The Morgan fingerprint density at radius 1 is 1.22 bits per heavy atom. The Hall–Kier alpha value is -1.92. The minimum absolute atomic E-state index is 0.540. The van der Waals surface area contributed by atoms with E-state index in [0.29, 0.717) is 6.73 Å². The van der Waals surface area contributed by atoms with Crippen molar-refractivity contribution in [2.24, 2.45) is 7.05 Å². The van der Waals surface area contributed by atoms with Gasteiger partial charge < -0.3 is 9.30 Å². The summed E-state index contributed by atoms with van der Waals surface area (Å²) in [5.41, 5.74) is 3.21. The summed E-state index contributed by atoms with van der Waals surface area (Å²) in [6.45, 7) is 8.44. The first kappa shape index (κ1) is 16.0. The predicted molar refractivity (Wildman–Crippen MR) is 96.0 cm³/mol. The van der Waals surface area contributed by atoms with Crippen molar-refractivity contribution < 1.29 is 4.74 Å². The van der Waals surface area contributed by atoms with Gasteiger partial charge in [-0.2, -0.15) is 5.10 Å². The molecule has 0 spiro atoms. The van der Waals surface area contributed by atoms with Crippen LogP contribution in [0.25, 0.3) is 22.2 Å². The number of ether oxygens (including phenoxy) is 1. The number of aryl methyl sites for hydroxylation is 1. The van der Waals surface area contributed by atoms with Crippen molar-refractivity contribution >= 4 is 19.1 Å². The van der Waals surface area contributed by atoms with E-state index in [1.165, 1.54) is 6.04 Å². The molecule has 5 nitrogen and oxygen atoms in total. The summed E-state index contributed by atoms with van der Waals surface area (Å²) < 4.78 is 9.80. The van der Waals surface area contributed by atoms with Gasteiger partial charge >= 0.3 is 0 Å². The second kappa shape index (κ2) is 6.29. The summed E-state index contributed by atoms with van der Waals surface area (Å²) >= 11 is 0. The summed E-state index contributed by atoms with van der Waals surface area (Å²) in [5.74, 6) is 0. The van der Waals surface area contributed by atoms with Crippen molar-refractivity contribution in [3.8, 4) is 11.1 Å². The molecule has 0 saturated heterocycles. The normalized spacial score (nSPS) is 12.2. The van der Waals surface area contributed by atoms with Crippen LogP contribution in [0.1, 0.15) is 0 Å². The molecule has 0 unspecified atom stereocenters. The summed E-state index contributed by atoms with van der Waals surface area (Å²) in [6.07, 6.45) is 7.85. The lowest BCUT2D eigenvalue weighted by Gasteiger charge is -2.15. The number of fused-ring (bicyclic) bond motifs is 1. The fraction of sp³-hybridized carbons (Fsp3) is 0.412. The first-order valence-electron chi connectivity index (χ1n) is 7.95. The summed E-state index contributed by atoms with van der Waals surface area (Å²) in [4.78, 5) is 4.53. The molecule has 3 heterocycles. The molecule has 122 valence electrons. The van der Waals surface area contributed by atoms with Crippen LogP contribution in [0.5, 0.6) is 0 Å². The molecule has 0 aromatic carbocycles. The van der Waals surface area contributed by atoms with E-state index in [9.17, 15) is 0 Å². The minimum Gasteiger partial charge on any atom is -0.361 e. The number of pyridine rings is 1. The Morgan fingerprint density at radius 3 is 2.74 bits per heavy atom. The maximum atomic E-state index is 5.90. The van der Waals surface area contributed by atoms with Crippen LogP contribution in [0, 0.1) is 0 Å². The number of hydrogen-bond acceptors (Lipinski definition) is 3. The van der Waals surface area contributed by atoms with Crippen LogP contribution in [-0.2, 0) is 18.5 Å². The van der Waals surface area contributed by atoms with Gasteiger partial charge in [0.1, 0.15) is 12.4 Å². The number of rotatable bonds is 6. The molecular formula is C17H24N4OSi. The molecule has 0 saturated carbocycles. The smallest absolute Gasteiger partial charge is 0.142 e. The van der Waals surface area contributed by atoms with E-state index in [-0.39, 0.29) is 0 Å². The van der Waals surface area contributed by atoms with Gasteiger partial charge in [0, 0.05) is 56.8 Å². The molecule has 0 atom stereocenters. The summed E-state index contributed by atoms with van der Waals surface area (Å²) in [7, 11) is 0.876. The van der Waals surface area contributed by atoms with E-state index in [1.54, 1.807) is 0 Å². The molecule has 0 fully saturated rings. The van der Waals surface area contributed by atoms with Gasteiger partial charge in [-0.3, -0.25) is 4.68 Å². The molecule has 0 aliphatic heterocycles. The zero-order valence-corrected chi connectivity index (χ0v) is 15.3. The van der Waals surface area contributed by atoms with Crippen LogP contribution in [0.3, 0.4) is 0 Å². The quantitative estimate of drug-likeness (QED) is 0.511. The second-order valence-electron chi connectivity index (χ2n) is 7.14. The highest BCUT2D eigenvalue weighted by Gasteiger charge is 2.14. The van der Waals surface area contributed by atoms with Crippen molar-refractivity contribution in [1.82, 2.24) is 19.3 Å². The van der Waals surface area contributed by atoms with Gasteiger partial charge in [-0.25, -0.2) is 4.98 Å². The van der Waals surface area contributed by atoms with E-state index in [4.69, 9.17) is 4.74 Å². The van der Waals surface area contributed by atoms with Crippen LogP contribution in [-0.4, -0.2) is 34.0 Å². The molecule has 0 N–H and O–H groups in total. The van der Waals surface area contributed by atoms with Gasteiger partial charge in [0.2, 0.25) is 0 Å². The lowest BCUT2D eigenvalue weighted by Crippen LogP contribution is -2.22. The topological polar surface area (TPSA) is 44.9 Å². The standard InChI is InChI=1S/C17H24N4OSi/c1-20-11-14(10-19-20)16-12-21(13-22-8-9-23(2,3)4)17-15(16)6-5-7-18-17/h5-7,10-12H,8-9,13H2,1-4H3. The molecule has 3 aromatic rings. The van der Waals surface area contributed by atoms with Crippen molar-refractivity contribution in [3.05, 3.63) is 36.9 Å². The molecule has 0 amide bonds. The largest absolute Gasteiger partial charge is 0.361 e. The fourth-order valence-electron chi connectivity index (χ4n) is 2.55. The number of hydrogen-bond donors (Lipinski definition) is 0. The van der Waals surface area contributed by atoms with Gasteiger partial charge in [0.25, 0.3) is 0 Å². The molecule has 0 bridgehead atoms. The molecule has 3 rings (SSSR count). The Balaban J connectivity index is 1.84. The van der Waals surface area contributed by atoms with Crippen LogP contribution in [0.2, 0.25) is 25.7 Å². The Kier molecular flexibility index (Phi) is 4.36. The number of nitrogens with zero attached hydrogens (tertiary/aromatic N) is 4. The summed E-state index contributed by atoms with van der Waals surface area (Å²) in [6, 6.07) is 5.25. The van der Waals surface area contributed by atoms with Crippen molar-refractivity contribution in [1.29, 1.82) is 0 Å². The third kappa shape index (κ3) is 3.71. The van der Waals surface area contributed by atoms with Crippen LogP contribution >= 0.6 is 0 Å². The fourth-order valence-corrected chi connectivity index (χ4v) is 3.31. The Bertz CT molecular complexity index is 800. The lowest BCUT2D eigenvalue weighted by atomic mass is 10.1. The van der Waals surface area contributed by atoms with Gasteiger partial charge in [-0.05, 0) is 18.2 Å². The maximum absolute atomic E-state index is 5.90. The average Bonchev–Trinajstić information content (AvgIpc) is 3.07. The highest BCUT2D eigenvalue weighted by molar-refractivity contribution is 6.76. The third-order valence-electron chi connectivity index (χ3n) is 3.88. The minimum atomic E-state index is -1.05. The Labute approximate surface area is 137 Å². The van der Waals surface area contributed by atoms with E-state index >= 15 is 0 Å². The monoisotopic (exact) mass is 328 g/mol. The third-order valence-corrected chi connectivity index (χ3v) is 5.58. The van der Waals surface area contributed by atoms with Crippen molar-refractivity contribution in [2.45, 2.75) is 32.4 Å². The first-order chi connectivity index (χ1) is 10.9. The SMILES string of the molecule is Cn1cc(-c2cn(COCC[Si](C)(C)C)c3ncccc23)cn1. The van der Waals surface area contributed by atoms with Gasteiger partial charge in [-0.1, -0.05) is 19.6 Å². The second-order valence-corrected chi connectivity index (χ2v) is 12.8. The Morgan fingerprint density at radius 2 is 2.04 bits per heavy atom. The lowest BCUT2D eigenvalue weighted by molar-refractivity contribution is 0.0899. The molecule has 0 aliphatic rings.